The van der Waals surface area contributed by atoms with Gasteiger partial charge >= 0.3 is 5.97 Å². The van der Waals surface area contributed by atoms with Crippen LogP contribution in [0.4, 0.5) is 4.39 Å². The van der Waals surface area contributed by atoms with E-state index in [1.165, 1.54) is 24.8 Å². The summed E-state index contributed by atoms with van der Waals surface area (Å²) in [6.07, 6.45) is 2.94. The molecule has 1 aliphatic heterocycles. The monoisotopic (exact) mass is 505 g/mol. The average molecular weight is 506 g/mol. The van der Waals surface area contributed by atoms with Crippen molar-refractivity contribution in [2.24, 2.45) is 5.92 Å². The number of likely N-dealkylation sites (tertiary alicyclic amines) is 1. The fourth-order valence-corrected chi connectivity index (χ4v) is 5.10. The lowest BCUT2D eigenvalue weighted by Gasteiger charge is -2.36. The number of benzene rings is 3. The summed E-state index contributed by atoms with van der Waals surface area (Å²) in [6, 6.07) is 21.8. The van der Waals surface area contributed by atoms with Crippen LogP contribution in [0.2, 0.25) is 0 Å². The molecule has 0 aliphatic carbocycles. The number of halogens is 1. The van der Waals surface area contributed by atoms with Crippen molar-refractivity contribution in [1.82, 2.24) is 4.90 Å². The van der Waals surface area contributed by atoms with Crippen LogP contribution >= 0.6 is 0 Å². The van der Waals surface area contributed by atoms with E-state index < -0.39 is 11.8 Å². The van der Waals surface area contributed by atoms with Gasteiger partial charge in [0.15, 0.2) is 11.5 Å². The molecule has 0 spiro atoms. The molecular weight excluding hydrogens is 473 g/mol. The van der Waals surface area contributed by atoms with Crippen LogP contribution < -0.4 is 9.47 Å². The van der Waals surface area contributed by atoms with E-state index in [1.807, 2.05) is 18.2 Å². The van der Waals surface area contributed by atoms with Gasteiger partial charge in [0, 0.05) is 18.0 Å². The van der Waals surface area contributed by atoms with Gasteiger partial charge in [-0.05, 0) is 79.7 Å². The van der Waals surface area contributed by atoms with Gasteiger partial charge in [-0.1, -0.05) is 42.5 Å². The Morgan fingerprint density at radius 3 is 2.30 bits per heavy atom. The van der Waals surface area contributed by atoms with Gasteiger partial charge < -0.3 is 19.5 Å². The molecule has 0 amide bonds. The Labute approximate surface area is 216 Å². The molecule has 194 valence electrons. The summed E-state index contributed by atoms with van der Waals surface area (Å²) in [5, 5.41) is 8.90. The third-order valence-electron chi connectivity index (χ3n) is 6.99. The lowest BCUT2D eigenvalue weighted by molar-refractivity contribution is -0.131. The third kappa shape index (κ3) is 6.74. The minimum Gasteiger partial charge on any atom is -0.493 e. The summed E-state index contributed by atoms with van der Waals surface area (Å²) in [4.78, 5) is 25.0. The Kier molecular flexibility index (Phi) is 8.90. The Hall–Kier alpha value is -3.71. The lowest BCUT2D eigenvalue weighted by atomic mass is 9.76. The number of ketones is 1. The molecule has 3 aromatic carbocycles. The number of aliphatic carboxylic acids is 1. The zero-order valence-corrected chi connectivity index (χ0v) is 20.9. The molecule has 1 heterocycles. The number of ether oxygens (including phenoxy) is 2. The van der Waals surface area contributed by atoms with Gasteiger partial charge in [-0.2, -0.15) is 0 Å². The number of Topliss-reactive ketones (excluding diaryl/α,β-unsaturated/α-hetero) is 1. The second-order valence-corrected chi connectivity index (χ2v) is 9.32. The lowest BCUT2D eigenvalue weighted by Crippen LogP contribution is -2.36. The van der Waals surface area contributed by atoms with Crippen LogP contribution in [0.15, 0.2) is 72.8 Å². The predicted octanol–water partition coefficient (Wildman–Crippen LogP) is 5.41. The van der Waals surface area contributed by atoms with E-state index in [4.69, 9.17) is 14.6 Å². The molecular formula is C30H32FNO5. The van der Waals surface area contributed by atoms with Crippen LogP contribution in [-0.4, -0.2) is 55.1 Å². The van der Waals surface area contributed by atoms with Crippen LogP contribution in [0, 0.1) is 11.7 Å². The van der Waals surface area contributed by atoms with Crippen molar-refractivity contribution in [2.45, 2.75) is 25.2 Å². The molecule has 1 aliphatic rings. The van der Waals surface area contributed by atoms with E-state index in [1.54, 1.807) is 18.2 Å². The highest BCUT2D eigenvalue weighted by atomic mass is 19.1. The number of hydrogen-bond donors (Lipinski definition) is 1. The average Bonchev–Trinajstić information content (AvgIpc) is 2.93. The number of carboxylic acids is 1. The first-order chi connectivity index (χ1) is 18.0. The normalized spacial score (nSPS) is 15.2. The number of piperidine rings is 1. The fraction of sp³-hybridized carbons (Fsp3) is 0.333. The predicted molar refractivity (Wildman–Crippen MR) is 139 cm³/mol. The van der Waals surface area contributed by atoms with Crippen LogP contribution in [0.25, 0.3) is 0 Å². The second-order valence-electron chi connectivity index (χ2n) is 9.32. The second kappa shape index (κ2) is 12.5. The summed E-state index contributed by atoms with van der Waals surface area (Å²) >= 11 is 0. The van der Waals surface area contributed by atoms with Crippen molar-refractivity contribution in [3.05, 3.63) is 95.3 Å². The van der Waals surface area contributed by atoms with E-state index in [0.717, 1.165) is 44.5 Å². The Balaban J connectivity index is 1.29. The van der Waals surface area contributed by atoms with Crippen molar-refractivity contribution in [3.63, 3.8) is 0 Å². The number of hydrogen-bond acceptors (Lipinski definition) is 5. The highest BCUT2D eigenvalue weighted by molar-refractivity contribution is 6.39. The first-order valence-electron chi connectivity index (χ1n) is 12.6. The first kappa shape index (κ1) is 26.4. The van der Waals surface area contributed by atoms with Crippen LogP contribution in [0.1, 0.15) is 46.7 Å². The summed E-state index contributed by atoms with van der Waals surface area (Å²) in [5.41, 5.74) is 2.48. The number of carbonyl (C=O) groups is 2. The quantitative estimate of drug-likeness (QED) is 0.213. The summed E-state index contributed by atoms with van der Waals surface area (Å²) < 4.78 is 24.7. The number of methoxy groups -OCH3 is 1. The van der Waals surface area contributed by atoms with E-state index in [9.17, 15) is 14.0 Å². The molecule has 7 heteroatoms. The molecule has 37 heavy (non-hydrogen) atoms. The standard InChI is InChI=1S/C30H32FNO5/c1-36-27-20-24(29(33)30(34)35)10-13-26(27)37-19-5-16-32-17-14-23(15-18-32)28(21-6-3-2-4-7-21)22-8-11-25(31)12-9-22/h2-4,6-13,20,23,28H,5,14-19H2,1H3,(H,34,35). The maximum atomic E-state index is 13.6. The Morgan fingerprint density at radius 1 is 0.973 bits per heavy atom. The van der Waals surface area contributed by atoms with Crippen LogP contribution in [0.3, 0.4) is 0 Å². The van der Waals surface area contributed by atoms with E-state index in [-0.39, 0.29) is 17.3 Å². The smallest absolute Gasteiger partial charge is 0.377 e. The molecule has 4 rings (SSSR count). The molecule has 1 atom stereocenters. The first-order valence-corrected chi connectivity index (χ1v) is 12.6. The topological polar surface area (TPSA) is 76.1 Å². The molecule has 0 radical (unpaired) electrons. The molecule has 0 saturated carbocycles. The third-order valence-corrected chi connectivity index (χ3v) is 6.99. The maximum Gasteiger partial charge on any atom is 0.377 e. The van der Waals surface area contributed by atoms with E-state index in [0.29, 0.717) is 24.0 Å². The molecule has 0 aromatic heterocycles. The molecule has 1 saturated heterocycles. The van der Waals surface area contributed by atoms with Gasteiger partial charge in [0.25, 0.3) is 5.78 Å². The number of carboxylic acid groups (broad SMARTS) is 1. The maximum absolute atomic E-state index is 13.6. The highest BCUT2D eigenvalue weighted by Crippen LogP contribution is 2.38. The van der Waals surface area contributed by atoms with Crippen LogP contribution in [-0.2, 0) is 4.79 Å². The van der Waals surface area contributed by atoms with Crippen molar-refractivity contribution in [1.29, 1.82) is 0 Å². The number of nitrogens with zero attached hydrogens (tertiary/aromatic N) is 1. The van der Waals surface area contributed by atoms with Crippen molar-refractivity contribution >= 4 is 11.8 Å². The van der Waals surface area contributed by atoms with Gasteiger partial charge in [-0.3, -0.25) is 4.79 Å². The van der Waals surface area contributed by atoms with E-state index >= 15 is 0 Å². The van der Waals surface area contributed by atoms with Gasteiger partial charge in [0.05, 0.1) is 13.7 Å². The largest absolute Gasteiger partial charge is 0.493 e. The van der Waals surface area contributed by atoms with Crippen molar-refractivity contribution in [2.75, 3.05) is 33.4 Å². The van der Waals surface area contributed by atoms with Gasteiger partial charge in [0.2, 0.25) is 0 Å². The molecule has 0 bridgehead atoms. The molecule has 1 fully saturated rings. The van der Waals surface area contributed by atoms with Gasteiger partial charge in [-0.15, -0.1) is 0 Å². The van der Waals surface area contributed by atoms with Gasteiger partial charge in [0.1, 0.15) is 5.82 Å². The minimum atomic E-state index is -1.51. The number of rotatable bonds is 11. The zero-order valence-electron chi connectivity index (χ0n) is 20.9. The number of carbonyl (C=O) groups excluding carboxylic acids is 1. The summed E-state index contributed by atoms with van der Waals surface area (Å²) in [7, 11) is 1.45. The van der Waals surface area contributed by atoms with Crippen molar-refractivity contribution < 1.29 is 28.6 Å². The summed E-state index contributed by atoms with van der Waals surface area (Å²) in [6.45, 7) is 3.36. The molecule has 6 nitrogen and oxygen atoms in total. The molecule has 1 unspecified atom stereocenters. The Bertz CT molecular complexity index is 1190. The van der Waals surface area contributed by atoms with Gasteiger partial charge in [-0.25, -0.2) is 9.18 Å². The molecule has 3 aromatic rings. The molecule has 1 N–H and O–H groups in total. The van der Waals surface area contributed by atoms with Crippen LogP contribution in [0.5, 0.6) is 11.5 Å². The fourth-order valence-electron chi connectivity index (χ4n) is 5.10. The Morgan fingerprint density at radius 2 is 1.65 bits per heavy atom. The summed E-state index contributed by atoms with van der Waals surface area (Å²) in [5.74, 6) is -1.16. The van der Waals surface area contributed by atoms with E-state index in [2.05, 4.69) is 29.2 Å². The minimum absolute atomic E-state index is 0.0500. The SMILES string of the molecule is COc1cc(C(=O)C(=O)O)ccc1OCCCN1CCC(C(c2ccccc2)c2ccc(F)cc2)CC1. The van der Waals surface area contributed by atoms with Crippen molar-refractivity contribution in [3.8, 4) is 11.5 Å². The zero-order chi connectivity index (χ0) is 26.2. The highest BCUT2D eigenvalue weighted by Gasteiger charge is 2.29.